The number of benzene rings is 1. The fourth-order valence-corrected chi connectivity index (χ4v) is 2.53. The number of nitrogens with one attached hydrogen (secondary N) is 3. The molecule has 24 heavy (non-hydrogen) atoms. The number of aliphatic imine (C=N–C) groups is 1. The molecule has 1 amide bonds. The molecule has 1 atom stereocenters. The number of carbonyl (C=O) groups excluding carboxylic acids is 1. The van der Waals surface area contributed by atoms with Crippen molar-refractivity contribution in [2.24, 2.45) is 4.99 Å². The fourth-order valence-electron chi connectivity index (χ4n) is 1.96. The van der Waals surface area contributed by atoms with Gasteiger partial charge in [0.25, 0.3) is 0 Å². The Morgan fingerprint density at radius 3 is 2.42 bits per heavy atom. The van der Waals surface area contributed by atoms with Crippen molar-refractivity contribution in [1.29, 1.82) is 0 Å². The lowest BCUT2D eigenvalue weighted by Gasteiger charge is -2.22. The van der Waals surface area contributed by atoms with Gasteiger partial charge in [0.2, 0.25) is 5.91 Å². The Morgan fingerprint density at radius 1 is 1.29 bits per heavy atom. The van der Waals surface area contributed by atoms with Gasteiger partial charge >= 0.3 is 0 Å². The molecule has 136 valence electrons. The molecule has 1 aromatic rings. The largest absolute Gasteiger partial charge is 0.350 e. The first-order valence-electron chi connectivity index (χ1n) is 7.35. The number of nitrogens with zero attached hydrogens (tertiary/aromatic N) is 1. The Kier molecular flexibility index (Phi) is 9.99. The lowest BCUT2D eigenvalue weighted by atomic mass is 10.1. The summed E-state index contributed by atoms with van der Waals surface area (Å²) in [4.78, 5) is 15.9. The molecule has 0 aliphatic carbocycles. The van der Waals surface area contributed by atoms with Gasteiger partial charge in [-0.25, -0.2) is 0 Å². The van der Waals surface area contributed by atoms with Gasteiger partial charge in [0.05, 0.1) is 12.6 Å². The van der Waals surface area contributed by atoms with Gasteiger partial charge < -0.3 is 16.0 Å². The molecule has 0 fully saturated rings. The number of hydrogen-bond donors (Lipinski definition) is 3. The molecule has 0 radical (unpaired) electrons. The molecule has 1 unspecified atom stereocenters. The topological polar surface area (TPSA) is 65.5 Å². The summed E-state index contributed by atoms with van der Waals surface area (Å²) < 4.78 is 0. The van der Waals surface area contributed by atoms with Gasteiger partial charge in [-0.1, -0.05) is 29.3 Å². The molecular weight excluding hydrogens is 462 g/mol. The Labute approximate surface area is 171 Å². The van der Waals surface area contributed by atoms with Crippen LogP contribution in [0.15, 0.2) is 23.2 Å². The third-order valence-electron chi connectivity index (χ3n) is 2.94. The second kappa shape index (κ2) is 10.3. The van der Waals surface area contributed by atoms with Crippen LogP contribution in [0.5, 0.6) is 0 Å². The normalized spacial score (nSPS) is 12.9. The van der Waals surface area contributed by atoms with Crippen LogP contribution < -0.4 is 16.0 Å². The Balaban J connectivity index is 0.00000529. The van der Waals surface area contributed by atoms with Crippen LogP contribution in [-0.4, -0.2) is 31.0 Å². The zero-order chi connectivity index (χ0) is 17.6. The van der Waals surface area contributed by atoms with Gasteiger partial charge in [-0.15, -0.1) is 24.0 Å². The molecule has 0 aliphatic rings. The quantitative estimate of drug-likeness (QED) is 0.345. The summed E-state index contributed by atoms with van der Waals surface area (Å²) in [6.45, 7) is 7.89. The van der Waals surface area contributed by atoms with Crippen LogP contribution in [0.3, 0.4) is 0 Å². The van der Waals surface area contributed by atoms with Gasteiger partial charge in [-0.2, -0.15) is 0 Å². The number of hydrogen-bond acceptors (Lipinski definition) is 2. The van der Waals surface area contributed by atoms with E-state index in [1.54, 1.807) is 19.2 Å². The summed E-state index contributed by atoms with van der Waals surface area (Å²) in [5.74, 6) is 0.421. The summed E-state index contributed by atoms with van der Waals surface area (Å²) in [5.41, 5.74) is 0.637. The van der Waals surface area contributed by atoms with Crippen molar-refractivity contribution >= 4 is 59.0 Å². The van der Waals surface area contributed by atoms with E-state index in [0.29, 0.717) is 16.0 Å². The molecule has 0 saturated carbocycles. The minimum Gasteiger partial charge on any atom is -0.350 e. The molecule has 0 saturated heterocycles. The average molecular weight is 487 g/mol. The first-order chi connectivity index (χ1) is 10.6. The highest BCUT2D eigenvalue weighted by molar-refractivity contribution is 14.0. The van der Waals surface area contributed by atoms with E-state index in [1.165, 1.54) is 0 Å². The van der Waals surface area contributed by atoms with Crippen LogP contribution in [0.1, 0.15) is 39.3 Å². The van der Waals surface area contributed by atoms with Gasteiger partial charge in [-0.05, 0) is 45.4 Å². The molecule has 3 N–H and O–H groups in total. The van der Waals surface area contributed by atoms with E-state index < -0.39 is 0 Å². The van der Waals surface area contributed by atoms with Crippen LogP contribution in [-0.2, 0) is 4.79 Å². The number of rotatable bonds is 4. The number of amides is 1. The lowest BCUT2D eigenvalue weighted by molar-refractivity contribution is -0.121. The predicted octanol–water partition coefficient (Wildman–Crippen LogP) is 3.75. The van der Waals surface area contributed by atoms with Crippen LogP contribution in [0.25, 0.3) is 0 Å². The van der Waals surface area contributed by atoms with Crippen LogP contribution in [0, 0.1) is 0 Å². The minimum absolute atomic E-state index is 0. The van der Waals surface area contributed by atoms with Gasteiger partial charge in [0.1, 0.15) is 0 Å². The first kappa shape index (κ1) is 23.3. The molecule has 0 aliphatic heterocycles. The molecule has 8 heteroatoms. The maximum Gasteiger partial charge on any atom is 0.239 e. The molecule has 0 heterocycles. The Bertz CT molecular complexity index is 588. The highest BCUT2D eigenvalue weighted by Gasteiger charge is 2.15. The van der Waals surface area contributed by atoms with E-state index in [0.717, 1.165) is 5.56 Å². The summed E-state index contributed by atoms with van der Waals surface area (Å²) >= 11 is 12.1. The smallest absolute Gasteiger partial charge is 0.239 e. The highest BCUT2D eigenvalue weighted by atomic mass is 127. The van der Waals surface area contributed by atoms with Crippen LogP contribution >= 0.6 is 47.2 Å². The zero-order valence-electron chi connectivity index (χ0n) is 14.5. The molecule has 0 bridgehead atoms. The van der Waals surface area contributed by atoms with Crippen molar-refractivity contribution in [2.75, 3.05) is 13.6 Å². The van der Waals surface area contributed by atoms with Crippen molar-refractivity contribution in [2.45, 2.75) is 39.3 Å². The third-order valence-corrected chi connectivity index (χ3v) is 3.50. The van der Waals surface area contributed by atoms with Gasteiger partial charge in [0, 0.05) is 22.6 Å². The molecule has 1 aromatic carbocycles. The second-order valence-corrected chi connectivity index (χ2v) is 7.10. The maximum atomic E-state index is 11.8. The van der Waals surface area contributed by atoms with Crippen molar-refractivity contribution in [3.63, 3.8) is 0 Å². The third kappa shape index (κ3) is 8.39. The van der Waals surface area contributed by atoms with E-state index in [4.69, 9.17) is 23.2 Å². The summed E-state index contributed by atoms with van der Waals surface area (Å²) in [5, 5.41) is 10.2. The second-order valence-electron chi connectivity index (χ2n) is 6.26. The van der Waals surface area contributed by atoms with Gasteiger partial charge in [0.15, 0.2) is 5.96 Å². The molecule has 1 rings (SSSR count). The fraction of sp³-hybridized carbons (Fsp3) is 0.500. The van der Waals surface area contributed by atoms with E-state index in [2.05, 4.69) is 20.9 Å². The first-order valence-corrected chi connectivity index (χ1v) is 8.11. The molecule has 0 aromatic heterocycles. The van der Waals surface area contributed by atoms with E-state index >= 15 is 0 Å². The van der Waals surface area contributed by atoms with Crippen molar-refractivity contribution in [1.82, 2.24) is 16.0 Å². The maximum absolute atomic E-state index is 11.8. The van der Waals surface area contributed by atoms with E-state index in [-0.39, 0.29) is 48.0 Å². The van der Waals surface area contributed by atoms with Crippen molar-refractivity contribution < 1.29 is 4.79 Å². The Morgan fingerprint density at radius 2 is 1.92 bits per heavy atom. The lowest BCUT2D eigenvalue weighted by Crippen LogP contribution is -2.48. The molecule has 0 spiro atoms. The van der Waals surface area contributed by atoms with Crippen molar-refractivity contribution in [3.05, 3.63) is 33.8 Å². The SMILES string of the molecule is CN=C(NCC(=O)NC(C)(C)C)NC(C)c1ccc(Cl)cc1Cl.I. The monoisotopic (exact) mass is 486 g/mol. The van der Waals surface area contributed by atoms with Crippen LogP contribution in [0.2, 0.25) is 10.0 Å². The zero-order valence-corrected chi connectivity index (χ0v) is 18.4. The summed E-state index contributed by atoms with van der Waals surface area (Å²) in [6, 6.07) is 5.26. The number of halogens is 3. The molecule has 5 nitrogen and oxygen atoms in total. The van der Waals surface area contributed by atoms with Crippen molar-refractivity contribution in [3.8, 4) is 0 Å². The minimum atomic E-state index is -0.264. The summed E-state index contributed by atoms with van der Waals surface area (Å²) in [6.07, 6.45) is 0. The standard InChI is InChI=1S/C16H24Cl2N4O.HI/c1-10(12-7-6-11(17)8-13(12)18)21-15(19-5)20-9-14(23)22-16(2,3)4;/h6-8,10H,9H2,1-5H3,(H,22,23)(H2,19,20,21);1H. The molecular formula is C16H25Cl2IN4O. The van der Waals surface area contributed by atoms with E-state index in [1.807, 2.05) is 33.8 Å². The summed E-state index contributed by atoms with van der Waals surface area (Å²) in [7, 11) is 1.65. The van der Waals surface area contributed by atoms with E-state index in [9.17, 15) is 4.79 Å². The average Bonchev–Trinajstić information content (AvgIpc) is 2.41. The number of guanidine groups is 1. The predicted molar refractivity (Wildman–Crippen MR) is 113 cm³/mol. The Hall–Kier alpha value is -0.730. The highest BCUT2D eigenvalue weighted by Crippen LogP contribution is 2.25. The number of carbonyl (C=O) groups is 1. The van der Waals surface area contributed by atoms with Gasteiger partial charge in [-0.3, -0.25) is 9.79 Å². The van der Waals surface area contributed by atoms with Crippen LogP contribution in [0.4, 0.5) is 0 Å².